The second kappa shape index (κ2) is 8.74. The first-order valence-electron chi connectivity index (χ1n) is 11.4. The van der Waals surface area contributed by atoms with Gasteiger partial charge in [-0.2, -0.15) is 5.10 Å². The molecular weight excluding hydrogens is 402 g/mol. The maximum Gasteiger partial charge on any atom is 0.274 e. The number of amides is 1. The van der Waals surface area contributed by atoms with E-state index < -0.39 is 0 Å². The number of H-pyrrole nitrogens is 1. The molecule has 2 aliphatic heterocycles. The SMILES string of the molecule is Cc1ccccc1N1CCN(C2CCCN(C(=O)c3n[nH]c(=O)c4ccccc34)C2)CC1. The molecule has 1 unspecified atom stereocenters. The number of para-hydroxylation sites is 1. The van der Waals surface area contributed by atoms with Crippen LogP contribution in [0.5, 0.6) is 0 Å². The van der Waals surface area contributed by atoms with Crippen molar-refractivity contribution in [2.45, 2.75) is 25.8 Å². The summed E-state index contributed by atoms with van der Waals surface area (Å²) in [4.78, 5) is 32.3. The van der Waals surface area contributed by atoms with Gasteiger partial charge in [0.15, 0.2) is 5.69 Å². The molecule has 1 N–H and O–H groups in total. The van der Waals surface area contributed by atoms with Crippen LogP contribution in [0.25, 0.3) is 10.8 Å². The van der Waals surface area contributed by atoms with Gasteiger partial charge in [-0.3, -0.25) is 14.5 Å². The average molecular weight is 432 g/mol. The molecule has 0 saturated carbocycles. The van der Waals surface area contributed by atoms with Crippen LogP contribution in [0.2, 0.25) is 0 Å². The zero-order valence-corrected chi connectivity index (χ0v) is 18.5. The highest BCUT2D eigenvalue weighted by Gasteiger charge is 2.31. The molecule has 7 nitrogen and oxygen atoms in total. The monoisotopic (exact) mass is 431 g/mol. The summed E-state index contributed by atoms with van der Waals surface area (Å²) in [6, 6.07) is 16.1. The molecule has 0 spiro atoms. The van der Waals surface area contributed by atoms with Crippen LogP contribution in [-0.4, -0.2) is 71.2 Å². The Bertz CT molecular complexity index is 1180. The Hall–Kier alpha value is -3.19. The number of aromatic amines is 1. The van der Waals surface area contributed by atoms with E-state index in [4.69, 9.17) is 0 Å². The molecule has 0 radical (unpaired) electrons. The number of benzene rings is 2. The summed E-state index contributed by atoms with van der Waals surface area (Å²) in [5.41, 5.74) is 2.71. The van der Waals surface area contributed by atoms with E-state index in [0.717, 1.165) is 45.6 Å². The quantitative estimate of drug-likeness (QED) is 0.690. The maximum atomic E-state index is 13.3. The molecular formula is C25H29N5O2. The van der Waals surface area contributed by atoms with Crippen molar-refractivity contribution >= 4 is 22.4 Å². The lowest BCUT2D eigenvalue weighted by Crippen LogP contribution is -2.56. The molecule has 5 rings (SSSR count). The summed E-state index contributed by atoms with van der Waals surface area (Å²) < 4.78 is 0. The molecule has 2 fully saturated rings. The van der Waals surface area contributed by atoms with Crippen LogP contribution in [0.4, 0.5) is 5.69 Å². The van der Waals surface area contributed by atoms with Gasteiger partial charge in [0.2, 0.25) is 0 Å². The van der Waals surface area contributed by atoms with E-state index in [-0.39, 0.29) is 11.5 Å². The van der Waals surface area contributed by atoms with Gasteiger partial charge < -0.3 is 9.80 Å². The minimum Gasteiger partial charge on any atom is -0.369 e. The summed E-state index contributed by atoms with van der Waals surface area (Å²) >= 11 is 0. The molecule has 2 saturated heterocycles. The van der Waals surface area contributed by atoms with Gasteiger partial charge in [-0.25, -0.2) is 5.10 Å². The zero-order chi connectivity index (χ0) is 22.1. The van der Waals surface area contributed by atoms with Gasteiger partial charge >= 0.3 is 0 Å². The normalized spacial score (nSPS) is 20.0. The molecule has 3 heterocycles. The van der Waals surface area contributed by atoms with Gasteiger partial charge in [0.05, 0.1) is 5.39 Å². The highest BCUT2D eigenvalue weighted by atomic mass is 16.2. The fourth-order valence-corrected chi connectivity index (χ4v) is 5.11. The lowest BCUT2D eigenvalue weighted by Gasteiger charge is -2.44. The standard InChI is InChI=1S/C25H29N5O2/c1-18-7-2-5-11-22(18)29-15-13-28(14-16-29)19-8-6-12-30(17-19)25(32)23-20-9-3-4-10-21(20)24(31)27-26-23/h2-5,7,9-11,19H,6,8,12-17H2,1H3,(H,27,31). The number of nitrogens with one attached hydrogen (secondary N) is 1. The van der Waals surface area contributed by atoms with Crippen molar-refractivity contribution in [2.24, 2.45) is 0 Å². The van der Waals surface area contributed by atoms with Crippen molar-refractivity contribution in [1.29, 1.82) is 0 Å². The molecule has 1 aromatic heterocycles. The number of likely N-dealkylation sites (tertiary alicyclic amines) is 1. The Balaban J connectivity index is 1.28. The summed E-state index contributed by atoms with van der Waals surface area (Å²) in [7, 11) is 0. The predicted octanol–water partition coefficient (Wildman–Crippen LogP) is 2.66. The molecule has 1 atom stereocenters. The molecule has 0 aliphatic carbocycles. The van der Waals surface area contributed by atoms with Crippen LogP contribution in [0, 0.1) is 6.92 Å². The van der Waals surface area contributed by atoms with E-state index in [1.54, 1.807) is 18.2 Å². The van der Waals surface area contributed by atoms with Gasteiger partial charge in [-0.15, -0.1) is 0 Å². The molecule has 0 bridgehead atoms. The highest BCUT2D eigenvalue weighted by Crippen LogP contribution is 2.24. The van der Waals surface area contributed by atoms with Crippen LogP contribution < -0.4 is 10.5 Å². The third-order valence-electron chi connectivity index (χ3n) is 6.87. The third kappa shape index (κ3) is 3.88. The molecule has 3 aromatic rings. The highest BCUT2D eigenvalue weighted by molar-refractivity contribution is 6.04. The Labute approximate surface area is 187 Å². The van der Waals surface area contributed by atoms with Crippen molar-refractivity contribution in [3.05, 3.63) is 70.1 Å². The van der Waals surface area contributed by atoms with Crippen molar-refractivity contribution in [1.82, 2.24) is 20.0 Å². The molecule has 1 amide bonds. The van der Waals surface area contributed by atoms with E-state index in [1.807, 2.05) is 11.0 Å². The number of carbonyl (C=O) groups excluding carboxylic acids is 1. The first-order chi connectivity index (χ1) is 15.6. The summed E-state index contributed by atoms with van der Waals surface area (Å²) in [6.07, 6.45) is 2.09. The van der Waals surface area contributed by atoms with E-state index >= 15 is 0 Å². The lowest BCUT2D eigenvalue weighted by molar-refractivity contribution is 0.0559. The van der Waals surface area contributed by atoms with Gasteiger partial charge in [0.1, 0.15) is 0 Å². The topological polar surface area (TPSA) is 72.5 Å². The number of carbonyl (C=O) groups is 1. The number of aromatic nitrogens is 2. The Morgan fingerprint density at radius 3 is 2.47 bits per heavy atom. The van der Waals surface area contributed by atoms with Crippen molar-refractivity contribution < 1.29 is 4.79 Å². The zero-order valence-electron chi connectivity index (χ0n) is 18.5. The molecule has 166 valence electrons. The second-order valence-electron chi connectivity index (χ2n) is 8.80. The maximum absolute atomic E-state index is 13.3. The summed E-state index contributed by atoms with van der Waals surface area (Å²) in [6.45, 7) is 7.61. The van der Waals surface area contributed by atoms with Gasteiger partial charge in [-0.1, -0.05) is 36.4 Å². The Morgan fingerprint density at radius 2 is 1.69 bits per heavy atom. The number of piperidine rings is 1. The number of hydrogen-bond donors (Lipinski definition) is 1. The average Bonchev–Trinajstić information content (AvgIpc) is 2.85. The third-order valence-corrected chi connectivity index (χ3v) is 6.87. The van der Waals surface area contributed by atoms with E-state index in [0.29, 0.717) is 29.1 Å². The van der Waals surface area contributed by atoms with Gasteiger partial charge in [0, 0.05) is 56.4 Å². The fourth-order valence-electron chi connectivity index (χ4n) is 5.11. The number of rotatable bonds is 3. The minimum absolute atomic E-state index is 0.0966. The summed E-state index contributed by atoms with van der Waals surface area (Å²) in [5.74, 6) is -0.0966. The van der Waals surface area contributed by atoms with Crippen molar-refractivity contribution in [2.75, 3.05) is 44.2 Å². The van der Waals surface area contributed by atoms with Crippen LogP contribution >= 0.6 is 0 Å². The second-order valence-corrected chi connectivity index (χ2v) is 8.80. The van der Waals surface area contributed by atoms with Crippen LogP contribution in [0.15, 0.2) is 53.3 Å². The van der Waals surface area contributed by atoms with Gasteiger partial charge in [0.25, 0.3) is 11.5 Å². The van der Waals surface area contributed by atoms with E-state index in [1.165, 1.54) is 11.3 Å². The van der Waals surface area contributed by atoms with E-state index in [2.05, 4.69) is 51.2 Å². The van der Waals surface area contributed by atoms with Crippen LogP contribution in [0.1, 0.15) is 28.9 Å². The summed E-state index contributed by atoms with van der Waals surface area (Å²) in [5, 5.41) is 7.74. The molecule has 2 aromatic carbocycles. The number of fused-ring (bicyclic) bond motifs is 1. The smallest absolute Gasteiger partial charge is 0.274 e. The Kier molecular flexibility index (Phi) is 5.66. The predicted molar refractivity (Wildman–Crippen MR) is 126 cm³/mol. The van der Waals surface area contributed by atoms with E-state index in [9.17, 15) is 9.59 Å². The number of nitrogens with zero attached hydrogens (tertiary/aromatic N) is 4. The van der Waals surface area contributed by atoms with Crippen molar-refractivity contribution in [3.63, 3.8) is 0 Å². The number of anilines is 1. The molecule has 2 aliphatic rings. The number of piperazine rings is 1. The largest absolute Gasteiger partial charge is 0.369 e. The van der Waals surface area contributed by atoms with Crippen molar-refractivity contribution in [3.8, 4) is 0 Å². The molecule has 7 heteroatoms. The first-order valence-corrected chi connectivity index (χ1v) is 11.4. The van der Waals surface area contributed by atoms with Crippen LogP contribution in [-0.2, 0) is 0 Å². The molecule has 32 heavy (non-hydrogen) atoms. The van der Waals surface area contributed by atoms with Gasteiger partial charge in [-0.05, 0) is 37.5 Å². The van der Waals surface area contributed by atoms with Crippen LogP contribution in [0.3, 0.4) is 0 Å². The number of aryl methyl sites for hydroxylation is 1. The first kappa shape index (κ1) is 20.7. The minimum atomic E-state index is -0.264. The number of hydrogen-bond acceptors (Lipinski definition) is 5. The fraction of sp³-hybridized carbons (Fsp3) is 0.400. The Morgan fingerprint density at radius 1 is 0.969 bits per heavy atom. The lowest BCUT2D eigenvalue weighted by atomic mass is 10.0.